The third kappa shape index (κ3) is 4.95. The lowest BCUT2D eigenvalue weighted by molar-refractivity contribution is -0.125. The van der Waals surface area contributed by atoms with E-state index >= 15 is 0 Å². The van der Waals surface area contributed by atoms with Gasteiger partial charge in [0, 0.05) is 50.2 Å². The van der Waals surface area contributed by atoms with Crippen molar-refractivity contribution in [2.75, 3.05) is 48.8 Å². The summed E-state index contributed by atoms with van der Waals surface area (Å²) >= 11 is 0. The molecule has 1 fully saturated rings. The van der Waals surface area contributed by atoms with Crippen molar-refractivity contribution in [3.8, 4) is 0 Å². The first-order valence-corrected chi connectivity index (χ1v) is 13.5. The van der Waals surface area contributed by atoms with Gasteiger partial charge < -0.3 is 20.3 Å². The molecule has 2 aromatic carbocycles. The number of carbonyl (C=O) groups is 1. The number of fused-ring (bicyclic) bond motifs is 2. The molecule has 0 bridgehead atoms. The Morgan fingerprint density at radius 2 is 1.97 bits per heavy atom. The van der Waals surface area contributed by atoms with Crippen LogP contribution in [-0.2, 0) is 16.1 Å². The minimum absolute atomic E-state index is 0.0454. The van der Waals surface area contributed by atoms with Gasteiger partial charge in [0.05, 0.1) is 34.8 Å². The molecule has 2 aliphatic heterocycles. The summed E-state index contributed by atoms with van der Waals surface area (Å²) in [6.07, 6.45) is 0. The number of nitrogens with zero attached hydrogens (tertiary/aromatic N) is 2. The number of aryl methyl sites for hydroxylation is 1. The smallest absolute Gasteiger partial charge is 0.216 e. The first-order chi connectivity index (χ1) is 16.7. The summed E-state index contributed by atoms with van der Waals surface area (Å²) in [4.78, 5) is 19.2. The molecule has 35 heavy (non-hydrogen) atoms. The number of pyridine rings is 1. The molecule has 1 aromatic heterocycles. The molecule has 2 aliphatic rings. The number of nitrogens with one attached hydrogen (secondary N) is 2. The quantitative estimate of drug-likeness (QED) is 0.404. The predicted octanol–water partition coefficient (Wildman–Crippen LogP) is 4.24. The topological polar surface area (TPSA) is 107 Å². The summed E-state index contributed by atoms with van der Waals surface area (Å²) < 4.78 is 27.0. The second kappa shape index (κ2) is 9.31. The summed E-state index contributed by atoms with van der Waals surface area (Å²) in [5, 5.41) is 7.58. The van der Waals surface area contributed by atoms with Crippen LogP contribution in [0, 0.1) is 12.3 Å². The first-order valence-electron chi connectivity index (χ1n) is 11.8. The number of carbonyl (C=O) groups excluding carboxylic acids is 1. The molecule has 3 heterocycles. The van der Waals surface area contributed by atoms with Crippen molar-refractivity contribution in [3.63, 3.8) is 0 Å². The Bertz CT molecular complexity index is 1260. The molecule has 0 unspecified atom stereocenters. The molecule has 0 atom stereocenters. The highest BCUT2D eigenvalue weighted by Crippen LogP contribution is 2.51. The van der Waals surface area contributed by atoms with Gasteiger partial charge in [-0.3, -0.25) is 13.9 Å². The number of rotatable bonds is 6. The maximum absolute atomic E-state index is 11.5. The molecule has 0 aliphatic carbocycles. The number of aromatic nitrogens is 1. The number of hydrogen-bond donors (Lipinski definition) is 4. The average molecular weight is 497 g/mol. The van der Waals surface area contributed by atoms with Crippen molar-refractivity contribution in [1.82, 2.24) is 10.3 Å². The van der Waals surface area contributed by atoms with E-state index in [4.69, 9.17) is 9.72 Å². The van der Waals surface area contributed by atoms with E-state index in [1.807, 2.05) is 36.4 Å². The Morgan fingerprint density at radius 1 is 1.17 bits per heavy atom. The van der Waals surface area contributed by atoms with Gasteiger partial charge in [-0.15, -0.1) is 0 Å². The molecule has 0 spiro atoms. The van der Waals surface area contributed by atoms with Crippen LogP contribution >= 0.6 is 10.6 Å². The Labute approximate surface area is 207 Å². The van der Waals surface area contributed by atoms with Crippen LogP contribution in [-0.4, -0.2) is 58.6 Å². The molecular formula is C26H32N4O4S. The summed E-state index contributed by atoms with van der Waals surface area (Å²) in [6, 6.07) is 15.8. The van der Waals surface area contributed by atoms with Crippen molar-refractivity contribution >= 4 is 38.9 Å². The van der Waals surface area contributed by atoms with Crippen LogP contribution in [0.5, 0.6) is 0 Å². The molecule has 3 aromatic rings. The highest BCUT2D eigenvalue weighted by molar-refractivity contribution is 8.24. The first kappa shape index (κ1) is 23.9. The zero-order valence-corrected chi connectivity index (χ0v) is 20.9. The van der Waals surface area contributed by atoms with Gasteiger partial charge in [0.2, 0.25) is 5.91 Å². The monoisotopic (exact) mass is 496 g/mol. The zero-order valence-electron chi connectivity index (χ0n) is 20.1. The molecule has 5 rings (SSSR count). The maximum atomic E-state index is 11.5. The van der Waals surface area contributed by atoms with Crippen molar-refractivity contribution in [2.24, 2.45) is 5.41 Å². The molecule has 0 radical (unpaired) electrons. The molecule has 186 valence electrons. The van der Waals surface area contributed by atoms with Gasteiger partial charge in [0.25, 0.3) is 0 Å². The number of amides is 1. The van der Waals surface area contributed by atoms with Crippen LogP contribution in [0.1, 0.15) is 18.1 Å². The molecule has 1 amide bonds. The zero-order chi connectivity index (χ0) is 24.6. The minimum atomic E-state index is -2.85. The SMILES string of the molecule is CC(=O)NCC1(CNc2cc(N3CCS(O)(O)c4ccccc4C3)nc3ccc(C)cc23)COC1. The summed E-state index contributed by atoms with van der Waals surface area (Å²) in [5.41, 5.74) is 3.75. The maximum Gasteiger partial charge on any atom is 0.216 e. The Morgan fingerprint density at radius 3 is 2.71 bits per heavy atom. The Hall–Kier alpha value is -2.85. The van der Waals surface area contributed by atoms with E-state index in [9.17, 15) is 13.9 Å². The summed E-state index contributed by atoms with van der Waals surface area (Å²) in [6.45, 7) is 7.03. The van der Waals surface area contributed by atoms with Crippen LogP contribution in [0.3, 0.4) is 0 Å². The normalized spacial score (nSPS) is 19.3. The lowest BCUT2D eigenvalue weighted by atomic mass is 9.85. The van der Waals surface area contributed by atoms with Crippen molar-refractivity contribution in [2.45, 2.75) is 25.3 Å². The summed E-state index contributed by atoms with van der Waals surface area (Å²) in [7, 11) is -2.85. The third-order valence-electron chi connectivity index (χ3n) is 6.79. The van der Waals surface area contributed by atoms with Gasteiger partial charge in [0.15, 0.2) is 0 Å². The fourth-order valence-electron chi connectivity index (χ4n) is 4.67. The number of hydrogen-bond acceptors (Lipinski definition) is 7. The lowest BCUT2D eigenvalue weighted by Gasteiger charge is -2.41. The Kier molecular flexibility index (Phi) is 6.35. The number of benzene rings is 2. The number of anilines is 2. The predicted molar refractivity (Wildman–Crippen MR) is 140 cm³/mol. The molecule has 9 heteroatoms. The Balaban J connectivity index is 1.47. The largest absolute Gasteiger partial charge is 0.384 e. The highest BCUT2D eigenvalue weighted by atomic mass is 32.3. The molecule has 0 saturated carbocycles. The van der Waals surface area contributed by atoms with Crippen LogP contribution in [0.4, 0.5) is 11.5 Å². The second-order valence-corrected chi connectivity index (χ2v) is 11.9. The number of ether oxygens (including phenoxy) is 1. The van der Waals surface area contributed by atoms with E-state index in [0.29, 0.717) is 44.3 Å². The highest BCUT2D eigenvalue weighted by Gasteiger charge is 2.38. The lowest BCUT2D eigenvalue weighted by Crippen LogP contribution is -2.54. The molecule has 4 N–H and O–H groups in total. The van der Waals surface area contributed by atoms with E-state index in [-0.39, 0.29) is 17.1 Å². The van der Waals surface area contributed by atoms with E-state index in [1.54, 1.807) is 0 Å². The van der Waals surface area contributed by atoms with Crippen molar-refractivity contribution in [1.29, 1.82) is 0 Å². The fourth-order valence-corrected chi connectivity index (χ4v) is 6.21. The van der Waals surface area contributed by atoms with Crippen LogP contribution in [0.25, 0.3) is 10.9 Å². The van der Waals surface area contributed by atoms with Gasteiger partial charge in [-0.05, 0) is 30.7 Å². The summed E-state index contributed by atoms with van der Waals surface area (Å²) in [5.74, 6) is 1.00. The van der Waals surface area contributed by atoms with Gasteiger partial charge in [-0.25, -0.2) is 4.98 Å². The molecular weight excluding hydrogens is 464 g/mol. The van der Waals surface area contributed by atoms with Gasteiger partial charge >= 0.3 is 0 Å². The minimum Gasteiger partial charge on any atom is -0.384 e. The molecule has 1 saturated heterocycles. The molecule has 8 nitrogen and oxygen atoms in total. The standard InChI is InChI=1S/C26H32N4O4S/c1-18-7-8-22-21(11-18)23(28-15-26(16-34-17-26)14-27-19(2)31)12-25(29-22)30-9-10-35(32,33)24-6-4-3-5-20(24)13-30/h3-8,11-12,32-33H,9-10,13-17H2,1-2H3,(H,27,31)(H,28,29). The van der Waals surface area contributed by atoms with Crippen LogP contribution < -0.4 is 15.5 Å². The van der Waals surface area contributed by atoms with Gasteiger partial charge in [0.1, 0.15) is 5.82 Å². The van der Waals surface area contributed by atoms with E-state index in [0.717, 1.165) is 33.5 Å². The van der Waals surface area contributed by atoms with Crippen LogP contribution in [0.15, 0.2) is 53.4 Å². The average Bonchev–Trinajstić information content (AvgIpc) is 2.94. The van der Waals surface area contributed by atoms with Crippen molar-refractivity contribution < 1.29 is 18.6 Å². The van der Waals surface area contributed by atoms with E-state index in [2.05, 4.69) is 34.6 Å². The van der Waals surface area contributed by atoms with E-state index < -0.39 is 10.6 Å². The third-order valence-corrected chi connectivity index (χ3v) is 8.64. The van der Waals surface area contributed by atoms with Gasteiger partial charge in [-0.1, -0.05) is 29.8 Å². The van der Waals surface area contributed by atoms with E-state index in [1.165, 1.54) is 6.92 Å². The second-order valence-electron chi connectivity index (χ2n) is 9.70. The van der Waals surface area contributed by atoms with Crippen LogP contribution in [0.2, 0.25) is 0 Å². The fraction of sp³-hybridized carbons (Fsp3) is 0.385. The van der Waals surface area contributed by atoms with Crippen molar-refractivity contribution in [3.05, 3.63) is 59.7 Å². The van der Waals surface area contributed by atoms with Gasteiger partial charge in [-0.2, -0.15) is 10.6 Å².